The van der Waals surface area contributed by atoms with E-state index in [0.29, 0.717) is 51.1 Å². The number of ether oxygens (including phenoxy) is 2. The van der Waals surface area contributed by atoms with E-state index in [0.717, 1.165) is 10.9 Å². The Morgan fingerprint density at radius 1 is 0.963 bits per heavy atom. The lowest BCUT2D eigenvalue weighted by atomic mass is 10.1. The number of hydrogen-bond acceptors (Lipinski definition) is 8. The molecule has 0 unspecified atom stereocenters. The van der Waals surface area contributed by atoms with Gasteiger partial charge < -0.3 is 19.2 Å². The number of thiophene rings is 1. The summed E-state index contributed by atoms with van der Waals surface area (Å²) in [6, 6.07) is 13.6. The highest BCUT2D eigenvalue weighted by molar-refractivity contribution is 7.16. The average Bonchev–Trinajstić information content (AvgIpc) is 3.77. The van der Waals surface area contributed by atoms with Gasteiger partial charge in [-0.25, -0.2) is 9.36 Å². The molecule has 4 heterocycles. The van der Waals surface area contributed by atoms with Crippen LogP contribution in [0.5, 0.6) is 5.75 Å². The largest absolute Gasteiger partial charge is 0.543 e. The summed E-state index contributed by atoms with van der Waals surface area (Å²) in [6.07, 6.45) is 4.06. The third-order valence-corrected chi connectivity index (χ3v) is 16.5. The monoisotopic (exact) mass is 809 g/mol. The second-order valence-electron chi connectivity index (χ2n) is 17.3. The Hall–Kier alpha value is -3.96. The SMILES string of the molecule is CC(C)(C)OC(=O)n1c(-c2cc(NC(=O)c3cnn(Cc4ccc(Cl)s4)c3)cn(COCC[Si](C)(C)C)c2=O)cc2cc(O[Si](C)(C)C(C)(C)C)ccc21. The molecular weight excluding hydrogens is 758 g/mol. The molecule has 5 aromatic rings. The minimum absolute atomic E-state index is 0.0281. The highest BCUT2D eigenvalue weighted by atomic mass is 35.5. The highest BCUT2D eigenvalue weighted by Gasteiger charge is 2.39. The van der Waals surface area contributed by atoms with Gasteiger partial charge in [0.2, 0.25) is 8.32 Å². The van der Waals surface area contributed by atoms with Gasteiger partial charge in [0.25, 0.3) is 11.5 Å². The summed E-state index contributed by atoms with van der Waals surface area (Å²) in [7, 11) is -3.58. The molecule has 0 spiro atoms. The number of carbonyl (C=O) groups is 2. The van der Waals surface area contributed by atoms with E-state index < -0.39 is 39.6 Å². The number of amides is 1. The summed E-state index contributed by atoms with van der Waals surface area (Å²) < 4.78 is 23.7. The minimum atomic E-state index is -2.18. The second-order valence-corrected chi connectivity index (χ2v) is 29.4. The fourth-order valence-electron chi connectivity index (χ4n) is 5.30. The third kappa shape index (κ3) is 10.2. The number of nitrogens with zero attached hydrogens (tertiary/aromatic N) is 4. The van der Waals surface area contributed by atoms with Crippen LogP contribution in [-0.2, 0) is 22.7 Å². The van der Waals surface area contributed by atoms with Crippen LogP contribution >= 0.6 is 22.9 Å². The van der Waals surface area contributed by atoms with Crippen molar-refractivity contribution in [2.75, 3.05) is 11.9 Å². The first kappa shape index (κ1) is 41.2. The van der Waals surface area contributed by atoms with Crippen LogP contribution in [0.25, 0.3) is 22.2 Å². The molecule has 1 N–H and O–H groups in total. The molecule has 4 aromatic heterocycles. The van der Waals surface area contributed by atoms with Crippen LogP contribution in [0, 0.1) is 0 Å². The zero-order valence-electron chi connectivity index (χ0n) is 33.1. The number of aromatic nitrogens is 4. The van der Waals surface area contributed by atoms with Gasteiger partial charge in [0.05, 0.1) is 45.1 Å². The number of halogens is 1. The molecule has 11 nitrogen and oxygen atoms in total. The van der Waals surface area contributed by atoms with Crippen molar-refractivity contribution >= 4 is 67.9 Å². The van der Waals surface area contributed by atoms with E-state index >= 15 is 0 Å². The van der Waals surface area contributed by atoms with Crippen molar-refractivity contribution in [3.05, 3.63) is 86.2 Å². The number of benzene rings is 1. The molecule has 54 heavy (non-hydrogen) atoms. The molecule has 0 aliphatic heterocycles. The van der Waals surface area contributed by atoms with Crippen molar-refractivity contribution in [2.45, 2.75) is 104 Å². The van der Waals surface area contributed by atoms with Gasteiger partial charge in [0.15, 0.2) is 0 Å². The van der Waals surface area contributed by atoms with E-state index in [1.807, 2.05) is 30.3 Å². The van der Waals surface area contributed by atoms with Crippen molar-refractivity contribution in [3.8, 4) is 17.0 Å². The molecule has 0 radical (unpaired) electrons. The van der Waals surface area contributed by atoms with Gasteiger partial charge in [-0.2, -0.15) is 5.10 Å². The molecule has 0 bridgehead atoms. The normalized spacial score (nSPS) is 12.7. The number of hydrogen-bond donors (Lipinski definition) is 1. The van der Waals surface area contributed by atoms with Crippen LogP contribution in [0.2, 0.25) is 48.2 Å². The maximum absolute atomic E-state index is 14.3. The van der Waals surface area contributed by atoms with Gasteiger partial charge in [-0.1, -0.05) is 52.0 Å². The predicted molar refractivity (Wildman–Crippen MR) is 224 cm³/mol. The quantitative estimate of drug-likeness (QED) is 0.0985. The number of carbonyl (C=O) groups excluding carboxylic acids is 2. The van der Waals surface area contributed by atoms with Gasteiger partial charge in [0, 0.05) is 37.3 Å². The lowest BCUT2D eigenvalue weighted by molar-refractivity contribution is 0.0547. The summed E-state index contributed by atoms with van der Waals surface area (Å²) in [6.45, 7) is 23.9. The van der Waals surface area contributed by atoms with Crippen molar-refractivity contribution in [3.63, 3.8) is 0 Å². The molecule has 0 aliphatic rings. The Morgan fingerprint density at radius 3 is 2.31 bits per heavy atom. The number of nitrogens with one attached hydrogen (secondary N) is 1. The van der Waals surface area contributed by atoms with Crippen molar-refractivity contribution in [1.29, 1.82) is 0 Å². The third-order valence-electron chi connectivity index (χ3n) is 9.22. The lowest BCUT2D eigenvalue weighted by Crippen LogP contribution is -2.43. The van der Waals surface area contributed by atoms with Crippen LogP contribution in [0.4, 0.5) is 10.5 Å². The molecular formula is C39H52ClN5O6SSi2. The van der Waals surface area contributed by atoms with E-state index in [2.05, 4.69) is 63.9 Å². The van der Waals surface area contributed by atoms with Crippen LogP contribution in [-0.4, -0.2) is 59.5 Å². The zero-order valence-corrected chi connectivity index (χ0v) is 36.7. The number of anilines is 1. The molecule has 0 fully saturated rings. The second kappa shape index (κ2) is 15.7. The van der Waals surface area contributed by atoms with Gasteiger partial charge in [-0.05, 0) is 87.4 Å². The Balaban J connectivity index is 1.58. The first-order valence-electron chi connectivity index (χ1n) is 18.0. The highest BCUT2D eigenvalue weighted by Crippen LogP contribution is 2.39. The minimum Gasteiger partial charge on any atom is -0.543 e. The zero-order chi connectivity index (χ0) is 39.8. The van der Waals surface area contributed by atoms with Gasteiger partial charge in [0.1, 0.15) is 18.1 Å². The summed E-state index contributed by atoms with van der Waals surface area (Å²) in [5.74, 6) is 0.264. The van der Waals surface area contributed by atoms with E-state index in [1.54, 1.807) is 50.0 Å². The van der Waals surface area contributed by atoms with Crippen LogP contribution in [0.3, 0.4) is 0 Å². The van der Waals surface area contributed by atoms with Gasteiger partial charge in [-0.15, -0.1) is 11.3 Å². The number of rotatable bonds is 12. The smallest absolute Gasteiger partial charge is 0.419 e. The van der Waals surface area contributed by atoms with E-state index in [1.165, 1.54) is 26.7 Å². The van der Waals surface area contributed by atoms with Crippen molar-refractivity contribution in [2.24, 2.45) is 0 Å². The summed E-state index contributed by atoms with van der Waals surface area (Å²) >= 11 is 7.55. The first-order valence-corrected chi connectivity index (χ1v) is 25.8. The molecule has 5 rings (SSSR count). The summed E-state index contributed by atoms with van der Waals surface area (Å²) in [4.78, 5) is 42.9. The van der Waals surface area contributed by atoms with Gasteiger partial charge >= 0.3 is 6.09 Å². The number of pyridine rings is 1. The van der Waals surface area contributed by atoms with E-state index in [-0.39, 0.29) is 17.3 Å². The van der Waals surface area contributed by atoms with Crippen LogP contribution in [0.1, 0.15) is 56.8 Å². The summed E-state index contributed by atoms with van der Waals surface area (Å²) in [5, 5.41) is 7.97. The Morgan fingerprint density at radius 2 is 1.69 bits per heavy atom. The predicted octanol–water partition coefficient (Wildman–Crippen LogP) is 10.2. The van der Waals surface area contributed by atoms with Crippen molar-refractivity contribution in [1.82, 2.24) is 18.9 Å². The maximum Gasteiger partial charge on any atom is 0.419 e. The molecule has 1 amide bonds. The fourth-order valence-corrected chi connectivity index (χ4v) is 8.16. The number of fused-ring (bicyclic) bond motifs is 1. The first-order chi connectivity index (χ1) is 25.0. The lowest BCUT2D eigenvalue weighted by Gasteiger charge is -2.36. The van der Waals surface area contributed by atoms with Crippen molar-refractivity contribution < 1.29 is 23.5 Å². The van der Waals surface area contributed by atoms with E-state index in [4.69, 9.17) is 25.5 Å². The molecule has 0 aliphatic carbocycles. The molecule has 0 saturated heterocycles. The van der Waals surface area contributed by atoms with Crippen LogP contribution in [0.15, 0.2) is 65.8 Å². The van der Waals surface area contributed by atoms with Gasteiger partial charge in [-0.3, -0.25) is 18.8 Å². The maximum atomic E-state index is 14.3. The topological polar surface area (TPSA) is 119 Å². The molecule has 290 valence electrons. The average molecular weight is 811 g/mol. The Labute approximate surface area is 328 Å². The Bertz CT molecular complexity index is 2220. The Kier molecular flexibility index (Phi) is 11.9. The summed E-state index contributed by atoms with van der Waals surface area (Å²) in [5.41, 5.74) is 0.506. The molecule has 0 atom stereocenters. The standard InChI is InChI=1S/C39H52ClN5O6SSi2/c1-38(2,3)50-37(48)45-32-14-12-29(51-54(10,11)39(4,5)6)18-26(32)19-33(45)31-20-28(23-43(36(31)47)25-49-16-17-53(7,8)9)42-35(46)27-21-41-44(22-27)24-30-13-15-34(40)52-30/h12-15,18-23H,16-17,24-25H2,1-11H3,(H,42,46). The fraction of sp³-hybridized carbons (Fsp3) is 0.436. The molecule has 0 saturated carbocycles. The molecule has 15 heteroatoms. The van der Waals surface area contributed by atoms with E-state index in [9.17, 15) is 14.4 Å². The molecule has 1 aromatic carbocycles. The van der Waals surface area contributed by atoms with Crippen LogP contribution < -0.4 is 15.3 Å².